The van der Waals surface area contributed by atoms with Crippen molar-refractivity contribution < 1.29 is 22.7 Å². The average molecular weight is 334 g/mol. The summed E-state index contributed by atoms with van der Waals surface area (Å²) in [6, 6.07) is 4.84. The van der Waals surface area contributed by atoms with Crippen LogP contribution in [0.2, 0.25) is 5.02 Å². The molecule has 118 valence electrons. The van der Waals surface area contributed by atoms with Gasteiger partial charge in [-0.1, -0.05) is 11.6 Å². The number of hydrogen-bond acceptors (Lipinski definition) is 3. The van der Waals surface area contributed by atoms with Gasteiger partial charge in [-0.05, 0) is 31.2 Å². The Kier molecular flexibility index (Phi) is 4.60. The van der Waals surface area contributed by atoms with Crippen molar-refractivity contribution in [3.05, 3.63) is 41.2 Å². The second kappa shape index (κ2) is 6.27. The van der Waals surface area contributed by atoms with E-state index in [1.807, 2.05) is 0 Å². The molecule has 0 saturated heterocycles. The summed E-state index contributed by atoms with van der Waals surface area (Å²) in [5.74, 6) is -0.743. The number of halogens is 4. The van der Waals surface area contributed by atoms with Gasteiger partial charge in [0.1, 0.15) is 12.3 Å². The fourth-order valence-corrected chi connectivity index (χ4v) is 1.80. The van der Waals surface area contributed by atoms with E-state index in [2.05, 4.69) is 15.2 Å². The van der Waals surface area contributed by atoms with E-state index in [4.69, 9.17) is 11.6 Å². The second-order valence-corrected chi connectivity index (χ2v) is 4.76. The van der Waals surface area contributed by atoms with Crippen molar-refractivity contribution in [1.29, 1.82) is 0 Å². The first-order valence-electron chi connectivity index (χ1n) is 6.08. The first-order chi connectivity index (χ1) is 10.2. The SMILES string of the molecule is Cc1c(Cl)cnn1CC(=O)Nc1ccc(OC(F)(F)F)cc1. The molecule has 1 heterocycles. The molecule has 0 spiro atoms. The van der Waals surface area contributed by atoms with E-state index in [9.17, 15) is 18.0 Å². The number of carbonyl (C=O) groups is 1. The lowest BCUT2D eigenvalue weighted by molar-refractivity contribution is -0.274. The molecule has 1 N–H and O–H groups in total. The van der Waals surface area contributed by atoms with Gasteiger partial charge in [0.15, 0.2) is 0 Å². The third-order valence-electron chi connectivity index (χ3n) is 2.71. The summed E-state index contributed by atoms with van der Waals surface area (Å²) in [5.41, 5.74) is 0.987. The fraction of sp³-hybridized carbons (Fsp3) is 0.231. The molecule has 0 atom stereocenters. The minimum atomic E-state index is -4.75. The van der Waals surface area contributed by atoms with Gasteiger partial charge in [0.05, 0.1) is 16.9 Å². The summed E-state index contributed by atoms with van der Waals surface area (Å²) in [7, 11) is 0. The lowest BCUT2D eigenvalue weighted by Crippen LogP contribution is -2.20. The minimum Gasteiger partial charge on any atom is -0.406 e. The predicted octanol–water partition coefficient (Wildman–Crippen LogP) is 3.38. The summed E-state index contributed by atoms with van der Waals surface area (Å²) >= 11 is 5.82. The molecule has 9 heteroatoms. The maximum absolute atomic E-state index is 12.0. The van der Waals surface area contributed by atoms with Gasteiger partial charge < -0.3 is 10.1 Å². The summed E-state index contributed by atoms with van der Waals surface area (Å²) in [6.07, 6.45) is -3.32. The maximum atomic E-state index is 12.0. The van der Waals surface area contributed by atoms with Gasteiger partial charge in [-0.25, -0.2) is 0 Å². The molecular formula is C13H11ClF3N3O2. The number of aromatic nitrogens is 2. The molecule has 22 heavy (non-hydrogen) atoms. The molecule has 0 saturated carbocycles. The molecule has 1 amide bonds. The van der Waals surface area contributed by atoms with Crippen molar-refractivity contribution in [3.63, 3.8) is 0 Å². The largest absolute Gasteiger partial charge is 0.573 e. The zero-order valence-electron chi connectivity index (χ0n) is 11.3. The standard InChI is InChI=1S/C13H11ClF3N3O2/c1-8-11(14)6-18-20(8)7-12(21)19-9-2-4-10(5-3-9)22-13(15,16)17/h2-6H,7H2,1H3,(H,19,21). The Balaban J connectivity index is 1.96. The number of benzene rings is 1. The molecular weight excluding hydrogens is 323 g/mol. The Labute approximate surface area is 128 Å². The third kappa shape index (κ3) is 4.39. The number of rotatable bonds is 4. The summed E-state index contributed by atoms with van der Waals surface area (Å²) in [5, 5.41) is 6.91. The van der Waals surface area contributed by atoms with Crippen molar-refractivity contribution in [1.82, 2.24) is 9.78 Å². The van der Waals surface area contributed by atoms with Gasteiger partial charge >= 0.3 is 6.36 Å². The van der Waals surface area contributed by atoms with Crippen LogP contribution in [-0.2, 0) is 11.3 Å². The second-order valence-electron chi connectivity index (χ2n) is 4.36. The number of amides is 1. The van der Waals surface area contributed by atoms with Gasteiger partial charge in [0.2, 0.25) is 5.91 Å². The smallest absolute Gasteiger partial charge is 0.406 e. The number of nitrogens with one attached hydrogen (secondary N) is 1. The first-order valence-corrected chi connectivity index (χ1v) is 6.46. The minimum absolute atomic E-state index is 0.0562. The number of carbonyl (C=O) groups excluding carboxylic acids is 1. The number of nitrogens with zero attached hydrogens (tertiary/aromatic N) is 2. The van der Waals surface area contributed by atoms with Crippen LogP contribution in [0.5, 0.6) is 5.75 Å². The maximum Gasteiger partial charge on any atom is 0.573 e. The summed E-state index contributed by atoms with van der Waals surface area (Å²) in [4.78, 5) is 11.8. The zero-order valence-corrected chi connectivity index (χ0v) is 12.1. The average Bonchev–Trinajstić information content (AvgIpc) is 2.71. The van der Waals surface area contributed by atoms with Crippen LogP contribution in [0.1, 0.15) is 5.69 Å². The highest BCUT2D eigenvalue weighted by Crippen LogP contribution is 2.24. The van der Waals surface area contributed by atoms with Crippen LogP contribution in [0.3, 0.4) is 0 Å². The van der Waals surface area contributed by atoms with Crippen LogP contribution < -0.4 is 10.1 Å². The monoisotopic (exact) mass is 333 g/mol. The van der Waals surface area contributed by atoms with E-state index in [0.717, 1.165) is 12.1 Å². The highest BCUT2D eigenvalue weighted by atomic mass is 35.5. The van der Waals surface area contributed by atoms with Gasteiger partial charge in [0, 0.05) is 5.69 Å². The molecule has 1 aromatic heterocycles. The number of ether oxygens (including phenoxy) is 1. The summed E-state index contributed by atoms with van der Waals surface area (Å²) < 4.78 is 41.2. The Morgan fingerprint density at radius 2 is 2.00 bits per heavy atom. The molecule has 0 fully saturated rings. The molecule has 1 aromatic carbocycles. The number of alkyl halides is 3. The van der Waals surface area contributed by atoms with Crippen molar-refractivity contribution in [2.75, 3.05) is 5.32 Å². The van der Waals surface area contributed by atoms with Crippen LogP contribution in [0.4, 0.5) is 18.9 Å². The van der Waals surface area contributed by atoms with Crippen molar-refractivity contribution in [3.8, 4) is 5.75 Å². The Bertz CT molecular complexity index is 668. The zero-order chi connectivity index (χ0) is 16.3. The molecule has 0 bridgehead atoms. The molecule has 5 nitrogen and oxygen atoms in total. The van der Waals surface area contributed by atoms with E-state index in [0.29, 0.717) is 16.4 Å². The molecule has 0 aliphatic carbocycles. The predicted molar refractivity (Wildman–Crippen MR) is 73.7 cm³/mol. The van der Waals surface area contributed by atoms with Crippen molar-refractivity contribution in [2.24, 2.45) is 0 Å². The van der Waals surface area contributed by atoms with Crippen LogP contribution >= 0.6 is 11.6 Å². The van der Waals surface area contributed by atoms with Crippen LogP contribution in [0.25, 0.3) is 0 Å². The van der Waals surface area contributed by atoms with E-state index >= 15 is 0 Å². The van der Waals surface area contributed by atoms with E-state index in [1.165, 1.54) is 23.0 Å². The number of hydrogen-bond donors (Lipinski definition) is 1. The quantitative estimate of drug-likeness (QED) is 0.933. The van der Waals surface area contributed by atoms with Crippen LogP contribution in [-0.4, -0.2) is 22.1 Å². The lowest BCUT2D eigenvalue weighted by atomic mass is 10.3. The highest BCUT2D eigenvalue weighted by molar-refractivity contribution is 6.31. The molecule has 0 radical (unpaired) electrons. The van der Waals surface area contributed by atoms with E-state index < -0.39 is 6.36 Å². The lowest BCUT2D eigenvalue weighted by Gasteiger charge is -2.10. The first kappa shape index (κ1) is 16.2. The normalized spacial score (nSPS) is 11.3. The van der Waals surface area contributed by atoms with Crippen molar-refractivity contribution in [2.45, 2.75) is 19.8 Å². The van der Waals surface area contributed by atoms with Crippen molar-refractivity contribution >= 4 is 23.2 Å². The Hall–Kier alpha value is -2.22. The Morgan fingerprint density at radius 3 is 2.50 bits per heavy atom. The molecule has 2 rings (SSSR count). The third-order valence-corrected chi connectivity index (χ3v) is 3.08. The fourth-order valence-electron chi connectivity index (χ4n) is 1.66. The van der Waals surface area contributed by atoms with Crippen LogP contribution in [0, 0.1) is 6.92 Å². The Morgan fingerprint density at radius 1 is 1.36 bits per heavy atom. The van der Waals surface area contributed by atoms with E-state index in [-0.39, 0.29) is 18.2 Å². The van der Waals surface area contributed by atoms with E-state index in [1.54, 1.807) is 6.92 Å². The van der Waals surface area contributed by atoms with Gasteiger partial charge in [-0.15, -0.1) is 13.2 Å². The van der Waals surface area contributed by atoms with Crippen LogP contribution in [0.15, 0.2) is 30.5 Å². The highest BCUT2D eigenvalue weighted by Gasteiger charge is 2.30. The van der Waals surface area contributed by atoms with Gasteiger partial charge in [0.25, 0.3) is 0 Å². The molecule has 0 aliphatic rings. The molecule has 0 unspecified atom stereocenters. The van der Waals surface area contributed by atoms with Gasteiger partial charge in [-0.3, -0.25) is 9.48 Å². The summed E-state index contributed by atoms with van der Waals surface area (Å²) in [6.45, 7) is 1.66. The van der Waals surface area contributed by atoms with Gasteiger partial charge in [-0.2, -0.15) is 5.10 Å². The number of anilines is 1. The topological polar surface area (TPSA) is 56.2 Å². The molecule has 0 aliphatic heterocycles. The molecule has 2 aromatic rings.